The van der Waals surface area contributed by atoms with Crippen LogP contribution in [0.25, 0.3) is 22.4 Å². The zero-order chi connectivity index (χ0) is 20.2. The monoisotopic (exact) mass is 386 g/mol. The van der Waals surface area contributed by atoms with Crippen LogP contribution in [0.3, 0.4) is 0 Å². The Morgan fingerprint density at radius 3 is 2.55 bits per heavy atom. The fourth-order valence-electron chi connectivity index (χ4n) is 3.78. The minimum atomic E-state index is -0.398. The molecule has 0 bridgehead atoms. The van der Waals surface area contributed by atoms with E-state index in [4.69, 9.17) is 14.7 Å². The van der Waals surface area contributed by atoms with Gasteiger partial charge in [-0.3, -0.25) is 4.79 Å². The Balaban J connectivity index is 1.77. The summed E-state index contributed by atoms with van der Waals surface area (Å²) in [6.45, 7) is 0. The highest BCUT2D eigenvalue weighted by Gasteiger charge is 2.17. The maximum absolute atomic E-state index is 12.1. The SMILES string of the molecule is COc1ccc(-c2ccc(C#N)c(=O)[nH]2)c(-c2cccc(OC3CCCC3)c2)c1. The third-order valence-electron chi connectivity index (χ3n) is 5.30. The van der Waals surface area contributed by atoms with Gasteiger partial charge in [-0.1, -0.05) is 12.1 Å². The number of aromatic amines is 1. The highest BCUT2D eigenvalue weighted by atomic mass is 16.5. The van der Waals surface area contributed by atoms with E-state index >= 15 is 0 Å². The predicted molar refractivity (Wildman–Crippen MR) is 112 cm³/mol. The average Bonchev–Trinajstić information content (AvgIpc) is 3.26. The molecule has 1 aromatic heterocycles. The van der Waals surface area contributed by atoms with Gasteiger partial charge >= 0.3 is 0 Å². The third-order valence-corrected chi connectivity index (χ3v) is 5.30. The minimum absolute atomic E-state index is 0.0933. The zero-order valence-electron chi connectivity index (χ0n) is 16.3. The molecule has 0 saturated heterocycles. The van der Waals surface area contributed by atoms with E-state index < -0.39 is 5.56 Å². The Kier molecular flexibility index (Phi) is 5.35. The number of hydrogen-bond acceptors (Lipinski definition) is 4. The first-order valence-electron chi connectivity index (χ1n) is 9.77. The van der Waals surface area contributed by atoms with Crippen molar-refractivity contribution >= 4 is 0 Å². The van der Waals surface area contributed by atoms with Gasteiger partial charge in [-0.15, -0.1) is 0 Å². The molecule has 29 heavy (non-hydrogen) atoms. The van der Waals surface area contributed by atoms with Crippen LogP contribution >= 0.6 is 0 Å². The van der Waals surface area contributed by atoms with Crippen LogP contribution < -0.4 is 15.0 Å². The number of benzene rings is 2. The van der Waals surface area contributed by atoms with Crippen molar-refractivity contribution in [3.8, 4) is 40.0 Å². The van der Waals surface area contributed by atoms with Crippen molar-refractivity contribution in [2.75, 3.05) is 7.11 Å². The van der Waals surface area contributed by atoms with E-state index in [9.17, 15) is 4.79 Å². The number of nitrogens with zero attached hydrogens (tertiary/aromatic N) is 1. The molecule has 1 heterocycles. The molecule has 1 N–H and O–H groups in total. The van der Waals surface area contributed by atoms with Gasteiger partial charge in [-0.25, -0.2) is 0 Å². The summed E-state index contributed by atoms with van der Waals surface area (Å²) in [4.78, 5) is 15.0. The van der Waals surface area contributed by atoms with E-state index in [-0.39, 0.29) is 11.7 Å². The molecule has 0 spiro atoms. The van der Waals surface area contributed by atoms with E-state index in [2.05, 4.69) is 4.98 Å². The Morgan fingerprint density at radius 2 is 1.83 bits per heavy atom. The highest BCUT2D eigenvalue weighted by Crippen LogP contribution is 2.36. The lowest BCUT2D eigenvalue weighted by Crippen LogP contribution is -2.11. The van der Waals surface area contributed by atoms with Crippen molar-refractivity contribution in [3.63, 3.8) is 0 Å². The van der Waals surface area contributed by atoms with Crippen molar-refractivity contribution in [1.29, 1.82) is 5.26 Å². The summed E-state index contributed by atoms with van der Waals surface area (Å²) in [5.41, 5.74) is 3.08. The zero-order valence-corrected chi connectivity index (χ0v) is 16.3. The number of hydrogen-bond donors (Lipinski definition) is 1. The van der Waals surface area contributed by atoms with Gasteiger partial charge in [-0.05, 0) is 79.3 Å². The standard InChI is InChI=1S/C24H22N2O3/c1-28-19-10-11-21(23-12-9-17(15-25)24(27)26-23)22(14-19)16-5-4-8-20(13-16)29-18-6-2-3-7-18/h4-5,8-14,18H,2-3,6-7H2,1H3,(H,26,27). The summed E-state index contributed by atoms with van der Waals surface area (Å²) in [5, 5.41) is 9.03. The van der Waals surface area contributed by atoms with Crippen LogP contribution in [0.1, 0.15) is 31.2 Å². The number of nitrogens with one attached hydrogen (secondary N) is 1. The van der Waals surface area contributed by atoms with Crippen LogP contribution in [0.5, 0.6) is 11.5 Å². The average molecular weight is 386 g/mol. The predicted octanol–water partition coefficient (Wildman–Crippen LogP) is 4.91. The lowest BCUT2D eigenvalue weighted by atomic mass is 9.96. The van der Waals surface area contributed by atoms with Crippen molar-refractivity contribution < 1.29 is 9.47 Å². The third kappa shape index (κ3) is 4.02. The molecule has 0 atom stereocenters. The Morgan fingerprint density at radius 1 is 1.00 bits per heavy atom. The molecule has 4 rings (SSSR count). The van der Waals surface area contributed by atoms with E-state index in [1.807, 2.05) is 48.5 Å². The van der Waals surface area contributed by atoms with Crippen LogP contribution in [0.4, 0.5) is 0 Å². The van der Waals surface area contributed by atoms with Gasteiger partial charge in [-0.2, -0.15) is 5.26 Å². The molecule has 0 unspecified atom stereocenters. The summed E-state index contributed by atoms with van der Waals surface area (Å²) in [5.74, 6) is 1.57. The molecular weight excluding hydrogens is 364 g/mol. The first-order chi connectivity index (χ1) is 14.2. The van der Waals surface area contributed by atoms with Crippen molar-refractivity contribution in [3.05, 3.63) is 70.5 Å². The largest absolute Gasteiger partial charge is 0.497 e. The second-order valence-electron chi connectivity index (χ2n) is 7.19. The Bertz CT molecular complexity index is 1120. The molecule has 5 heteroatoms. The summed E-state index contributed by atoms with van der Waals surface area (Å²) in [6.07, 6.45) is 4.92. The fraction of sp³-hybridized carbons (Fsp3) is 0.250. The van der Waals surface area contributed by atoms with Gasteiger partial charge < -0.3 is 14.5 Å². The molecule has 0 radical (unpaired) electrons. The smallest absolute Gasteiger partial charge is 0.266 e. The van der Waals surface area contributed by atoms with Gasteiger partial charge in [0.1, 0.15) is 23.1 Å². The van der Waals surface area contributed by atoms with Gasteiger partial charge in [0.25, 0.3) is 5.56 Å². The molecule has 1 fully saturated rings. The summed E-state index contributed by atoms with van der Waals surface area (Å²) in [7, 11) is 1.63. The number of rotatable bonds is 5. The van der Waals surface area contributed by atoms with Crippen LogP contribution in [0.2, 0.25) is 0 Å². The quantitative estimate of drug-likeness (QED) is 0.676. The second kappa shape index (κ2) is 8.24. The van der Waals surface area contributed by atoms with Gasteiger partial charge in [0.15, 0.2) is 0 Å². The fourth-order valence-corrected chi connectivity index (χ4v) is 3.78. The van der Waals surface area contributed by atoms with E-state index in [1.165, 1.54) is 12.8 Å². The van der Waals surface area contributed by atoms with E-state index in [0.29, 0.717) is 5.69 Å². The number of nitriles is 1. The number of aromatic nitrogens is 1. The summed E-state index contributed by atoms with van der Waals surface area (Å²) >= 11 is 0. The van der Waals surface area contributed by atoms with Crippen molar-refractivity contribution in [2.45, 2.75) is 31.8 Å². The first-order valence-corrected chi connectivity index (χ1v) is 9.77. The summed E-state index contributed by atoms with van der Waals surface area (Å²) < 4.78 is 11.6. The number of ether oxygens (including phenoxy) is 2. The Labute approximate surface area is 169 Å². The van der Waals surface area contributed by atoms with E-state index in [0.717, 1.165) is 41.0 Å². The normalized spacial score (nSPS) is 13.8. The molecule has 5 nitrogen and oxygen atoms in total. The first kappa shape index (κ1) is 18.8. The number of methoxy groups -OCH3 is 1. The topological polar surface area (TPSA) is 75.1 Å². The lowest BCUT2D eigenvalue weighted by molar-refractivity contribution is 0.210. The molecular formula is C24H22N2O3. The van der Waals surface area contributed by atoms with E-state index in [1.54, 1.807) is 19.2 Å². The highest BCUT2D eigenvalue weighted by molar-refractivity contribution is 5.83. The van der Waals surface area contributed by atoms with Gasteiger partial charge in [0.2, 0.25) is 0 Å². The van der Waals surface area contributed by atoms with Gasteiger partial charge in [0, 0.05) is 11.3 Å². The van der Waals surface area contributed by atoms with Crippen molar-refractivity contribution in [1.82, 2.24) is 4.98 Å². The molecule has 1 aliphatic carbocycles. The van der Waals surface area contributed by atoms with Gasteiger partial charge in [0.05, 0.1) is 13.2 Å². The minimum Gasteiger partial charge on any atom is -0.497 e. The molecule has 0 aliphatic heterocycles. The molecule has 0 amide bonds. The lowest BCUT2D eigenvalue weighted by Gasteiger charge is -2.16. The molecule has 2 aromatic carbocycles. The van der Waals surface area contributed by atoms with Crippen LogP contribution in [-0.2, 0) is 0 Å². The number of pyridine rings is 1. The maximum atomic E-state index is 12.1. The molecule has 1 saturated carbocycles. The second-order valence-corrected chi connectivity index (χ2v) is 7.19. The maximum Gasteiger partial charge on any atom is 0.266 e. The van der Waals surface area contributed by atoms with Crippen LogP contribution in [0, 0.1) is 11.3 Å². The number of H-pyrrole nitrogens is 1. The van der Waals surface area contributed by atoms with Crippen LogP contribution in [-0.4, -0.2) is 18.2 Å². The summed E-state index contributed by atoms with van der Waals surface area (Å²) in [6, 6.07) is 18.9. The van der Waals surface area contributed by atoms with Crippen molar-refractivity contribution in [2.24, 2.45) is 0 Å². The Hall–Kier alpha value is -3.52. The molecule has 146 valence electrons. The van der Waals surface area contributed by atoms with Crippen LogP contribution in [0.15, 0.2) is 59.4 Å². The molecule has 3 aromatic rings. The molecule has 1 aliphatic rings.